The van der Waals surface area contributed by atoms with Gasteiger partial charge >= 0.3 is 0 Å². The maximum absolute atomic E-state index is 2.45. The van der Waals surface area contributed by atoms with Crippen molar-refractivity contribution in [2.45, 2.75) is 40.5 Å². The van der Waals surface area contributed by atoms with Crippen LogP contribution in [0.15, 0.2) is 140 Å². The summed E-state index contributed by atoms with van der Waals surface area (Å²) in [5.74, 6) is 0. The Morgan fingerprint density at radius 1 is 0.468 bits per heavy atom. The van der Waals surface area contributed by atoms with Crippen LogP contribution in [-0.4, -0.2) is 0 Å². The lowest BCUT2D eigenvalue weighted by molar-refractivity contribution is 1.12. The number of para-hydroxylation sites is 1. The van der Waals surface area contributed by atoms with Crippen molar-refractivity contribution in [2.24, 2.45) is 0 Å². The Balaban J connectivity index is 1.49. The standard InChI is InChI=1S/C46H41N/c1-5-35-30-37(27-26-34-24-20-32(3)21-25-34)40-16-10-12-18-42(40)45(35)46-36(6-2)31-44(41-17-11-13-19-43(41)46)47(38-14-8-7-9-15-38)39-28-22-33(4)23-29-39/h7-31H,5-6H2,1-4H3/b27-26+. The van der Waals surface area contributed by atoms with E-state index in [1.54, 1.807) is 0 Å². The van der Waals surface area contributed by atoms with Crippen LogP contribution < -0.4 is 4.90 Å². The van der Waals surface area contributed by atoms with Gasteiger partial charge in [0.05, 0.1) is 5.69 Å². The summed E-state index contributed by atoms with van der Waals surface area (Å²) in [6.45, 7) is 8.87. The Bertz CT molecular complexity index is 2200. The first kappa shape index (κ1) is 30.3. The Labute approximate surface area is 279 Å². The van der Waals surface area contributed by atoms with Gasteiger partial charge in [0.2, 0.25) is 0 Å². The summed E-state index contributed by atoms with van der Waals surface area (Å²) >= 11 is 0. The van der Waals surface area contributed by atoms with Crippen molar-refractivity contribution in [3.05, 3.63) is 173 Å². The minimum Gasteiger partial charge on any atom is -0.310 e. The Hall–Kier alpha value is -5.40. The monoisotopic (exact) mass is 607 g/mol. The van der Waals surface area contributed by atoms with Crippen LogP contribution in [0.2, 0.25) is 0 Å². The molecule has 7 aromatic rings. The molecule has 0 unspecified atom stereocenters. The van der Waals surface area contributed by atoms with E-state index in [4.69, 9.17) is 0 Å². The molecule has 7 rings (SSSR count). The lowest BCUT2D eigenvalue weighted by Crippen LogP contribution is -2.11. The van der Waals surface area contributed by atoms with Crippen molar-refractivity contribution in [1.82, 2.24) is 0 Å². The zero-order chi connectivity index (χ0) is 32.3. The van der Waals surface area contributed by atoms with Crippen LogP contribution >= 0.6 is 0 Å². The van der Waals surface area contributed by atoms with Crippen molar-refractivity contribution in [2.75, 3.05) is 4.90 Å². The number of benzene rings is 7. The van der Waals surface area contributed by atoms with E-state index in [1.807, 2.05) is 0 Å². The van der Waals surface area contributed by atoms with Crippen molar-refractivity contribution in [3.63, 3.8) is 0 Å². The normalized spacial score (nSPS) is 11.5. The van der Waals surface area contributed by atoms with Gasteiger partial charge in [0.15, 0.2) is 0 Å². The molecule has 47 heavy (non-hydrogen) atoms. The van der Waals surface area contributed by atoms with Gasteiger partial charge in [-0.3, -0.25) is 0 Å². The second-order valence-corrected chi connectivity index (χ2v) is 12.5. The molecule has 0 N–H and O–H groups in total. The SMILES string of the molecule is CCc1cc(/C=C/c2ccc(C)cc2)c2ccccc2c1-c1c(CC)cc(N(c2ccccc2)c2ccc(C)cc2)c2ccccc12. The van der Waals surface area contributed by atoms with Gasteiger partial charge in [-0.25, -0.2) is 0 Å². The lowest BCUT2D eigenvalue weighted by atomic mass is 9.83. The minimum absolute atomic E-state index is 0.927. The molecule has 0 saturated carbocycles. The summed E-state index contributed by atoms with van der Waals surface area (Å²) in [5, 5.41) is 5.13. The quantitative estimate of drug-likeness (QED) is 0.155. The number of rotatable bonds is 8. The molecule has 0 aliphatic heterocycles. The third-order valence-electron chi connectivity index (χ3n) is 9.35. The van der Waals surface area contributed by atoms with Crippen LogP contribution in [0, 0.1) is 13.8 Å². The molecule has 7 aromatic carbocycles. The van der Waals surface area contributed by atoms with Crippen molar-refractivity contribution in [1.29, 1.82) is 0 Å². The maximum Gasteiger partial charge on any atom is 0.0543 e. The fourth-order valence-electron chi connectivity index (χ4n) is 6.91. The number of aryl methyl sites for hydroxylation is 4. The van der Waals surface area contributed by atoms with Crippen molar-refractivity contribution in [3.8, 4) is 11.1 Å². The molecule has 0 bridgehead atoms. The van der Waals surface area contributed by atoms with Crippen LogP contribution in [0.5, 0.6) is 0 Å². The van der Waals surface area contributed by atoms with Gasteiger partial charge in [-0.2, -0.15) is 0 Å². The molecule has 0 radical (unpaired) electrons. The van der Waals surface area contributed by atoms with Crippen molar-refractivity contribution < 1.29 is 0 Å². The van der Waals surface area contributed by atoms with E-state index in [0.717, 1.165) is 24.2 Å². The van der Waals surface area contributed by atoms with E-state index in [9.17, 15) is 0 Å². The Kier molecular flexibility index (Phi) is 8.46. The van der Waals surface area contributed by atoms with Gasteiger partial charge in [-0.05, 0) is 107 Å². The highest BCUT2D eigenvalue weighted by molar-refractivity contribution is 6.13. The van der Waals surface area contributed by atoms with Crippen molar-refractivity contribution >= 4 is 50.8 Å². The van der Waals surface area contributed by atoms with E-state index >= 15 is 0 Å². The predicted octanol–water partition coefficient (Wildman–Crippen LogP) is 13.0. The summed E-state index contributed by atoms with van der Waals surface area (Å²) in [6, 6.07) is 51.2. The smallest absolute Gasteiger partial charge is 0.0543 e. The molecule has 230 valence electrons. The molecule has 0 fully saturated rings. The Morgan fingerprint density at radius 3 is 1.57 bits per heavy atom. The fourth-order valence-corrected chi connectivity index (χ4v) is 6.91. The second kappa shape index (κ2) is 13.1. The second-order valence-electron chi connectivity index (χ2n) is 12.5. The summed E-state index contributed by atoms with van der Waals surface area (Å²) in [5.41, 5.74) is 14.0. The number of hydrogen-bond donors (Lipinski definition) is 0. The highest BCUT2D eigenvalue weighted by Crippen LogP contribution is 2.46. The number of nitrogens with zero attached hydrogens (tertiary/aromatic N) is 1. The van der Waals surface area contributed by atoms with Gasteiger partial charge in [0.1, 0.15) is 0 Å². The first-order valence-electron chi connectivity index (χ1n) is 16.8. The average molecular weight is 608 g/mol. The molecule has 1 nitrogen and oxygen atoms in total. The lowest BCUT2D eigenvalue weighted by Gasteiger charge is -2.29. The molecule has 0 atom stereocenters. The topological polar surface area (TPSA) is 3.24 Å². The predicted molar refractivity (Wildman–Crippen MR) is 205 cm³/mol. The molecule has 0 heterocycles. The van der Waals surface area contributed by atoms with Crippen LogP contribution in [0.3, 0.4) is 0 Å². The maximum atomic E-state index is 2.45. The summed E-state index contributed by atoms with van der Waals surface area (Å²) < 4.78 is 0. The van der Waals surface area contributed by atoms with Gasteiger partial charge in [-0.15, -0.1) is 0 Å². The number of anilines is 3. The van der Waals surface area contributed by atoms with Crippen LogP contribution in [0.4, 0.5) is 17.1 Å². The van der Waals surface area contributed by atoms with Crippen LogP contribution in [0.25, 0.3) is 44.8 Å². The zero-order valence-electron chi connectivity index (χ0n) is 27.8. The third-order valence-corrected chi connectivity index (χ3v) is 9.35. The summed E-state index contributed by atoms with van der Waals surface area (Å²) in [7, 11) is 0. The van der Waals surface area contributed by atoms with E-state index < -0.39 is 0 Å². The number of hydrogen-bond acceptors (Lipinski definition) is 1. The first-order valence-corrected chi connectivity index (χ1v) is 16.8. The zero-order valence-corrected chi connectivity index (χ0v) is 27.8. The highest BCUT2D eigenvalue weighted by Gasteiger charge is 2.22. The summed E-state index contributed by atoms with van der Waals surface area (Å²) in [6.07, 6.45) is 6.41. The molecule has 0 aromatic heterocycles. The first-order chi connectivity index (χ1) is 23.1. The fraction of sp³-hybridized carbons (Fsp3) is 0.130. The van der Waals surface area contributed by atoms with E-state index in [0.29, 0.717) is 0 Å². The average Bonchev–Trinajstić information content (AvgIpc) is 3.12. The molecule has 0 aliphatic carbocycles. The molecule has 0 saturated heterocycles. The minimum atomic E-state index is 0.927. The summed E-state index contributed by atoms with van der Waals surface area (Å²) in [4.78, 5) is 2.42. The van der Waals surface area contributed by atoms with Crippen LogP contribution in [0.1, 0.15) is 47.2 Å². The number of fused-ring (bicyclic) bond motifs is 2. The molecule has 0 amide bonds. The van der Waals surface area contributed by atoms with Gasteiger partial charge < -0.3 is 4.90 Å². The third kappa shape index (κ3) is 5.86. The molecule has 0 aliphatic rings. The van der Waals surface area contributed by atoms with E-state index in [-0.39, 0.29) is 0 Å². The molecule has 1 heteroatoms. The van der Waals surface area contributed by atoms with Gasteiger partial charge in [-0.1, -0.05) is 146 Å². The Morgan fingerprint density at radius 2 is 0.957 bits per heavy atom. The van der Waals surface area contributed by atoms with E-state index in [2.05, 4.69) is 184 Å². The van der Waals surface area contributed by atoms with Gasteiger partial charge in [0, 0.05) is 16.8 Å². The molecular weight excluding hydrogens is 567 g/mol. The van der Waals surface area contributed by atoms with Crippen LogP contribution in [-0.2, 0) is 12.8 Å². The largest absolute Gasteiger partial charge is 0.310 e. The molecule has 0 spiro atoms. The van der Waals surface area contributed by atoms with E-state index in [1.165, 1.54) is 71.7 Å². The highest BCUT2D eigenvalue weighted by atomic mass is 15.1. The molecular formula is C46H41N. The van der Waals surface area contributed by atoms with Gasteiger partial charge in [0.25, 0.3) is 0 Å².